The maximum Gasteiger partial charge on any atom is 0.214 e. The van der Waals surface area contributed by atoms with Crippen LogP contribution in [-0.2, 0) is 12.0 Å². The summed E-state index contributed by atoms with van der Waals surface area (Å²) in [5.74, 6) is 0. The Morgan fingerprint density at radius 3 is 2.65 bits per heavy atom. The summed E-state index contributed by atoms with van der Waals surface area (Å²) in [6.07, 6.45) is 9.96. The van der Waals surface area contributed by atoms with E-state index in [1.807, 2.05) is 21.6 Å². The number of aromatic nitrogens is 5. The molecule has 1 aliphatic heterocycles. The maximum absolute atomic E-state index is 4.69. The second kappa shape index (κ2) is 7.00. The number of imidazole rings is 1. The molecule has 0 aliphatic carbocycles. The SMILES string of the molecule is CC(C)(C)c1cn2nc(Nc3cnn(CCN4CCCCC4)c3)sc2n1. The topological polar surface area (TPSA) is 63.3 Å². The summed E-state index contributed by atoms with van der Waals surface area (Å²) in [7, 11) is 0. The Labute approximate surface area is 158 Å². The Kier molecular flexibility index (Phi) is 4.71. The standard InChI is InChI=1S/C18H27N7S/c1-18(2,3)15-13-25-17(21-15)26-16(22-25)20-14-11-19-24(12-14)10-9-23-7-5-4-6-8-23/h11-13H,4-10H2,1-3H3,(H,20,22). The third kappa shape index (κ3) is 3.91. The van der Waals surface area contributed by atoms with Crippen molar-refractivity contribution in [3.05, 3.63) is 24.3 Å². The number of likely N-dealkylation sites (tertiary alicyclic amines) is 1. The monoisotopic (exact) mass is 373 g/mol. The molecular formula is C18H27N7S. The predicted molar refractivity (Wildman–Crippen MR) is 105 cm³/mol. The van der Waals surface area contributed by atoms with Crippen LogP contribution in [0.5, 0.6) is 0 Å². The number of hydrogen-bond acceptors (Lipinski definition) is 6. The molecule has 1 fully saturated rings. The molecule has 3 aromatic rings. The Morgan fingerprint density at radius 1 is 1.12 bits per heavy atom. The third-order valence-electron chi connectivity index (χ3n) is 4.79. The first-order chi connectivity index (χ1) is 12.5. The fraction of sp³-hybridized carbons (Fsp3) is 0.611. The van der Waals surface area contributed by atoms with Gasteiger partial charge in [0.05, 0.1) is 30.3 Å². The van der Waals surface area contributed by atoms with Gasteiger partial charge in [0.1, 0.15) is 0 Å². The normalized spacial score (nSPS) is 16.4. The molecule has 140 valence electrons. The van der Waals surface area contributed by atoms with E-state index in [-0.39, 0.29) is 5.41 Å². The van der Waals surface area contributed by atoms with E-state index in [1.54, 1.807) is 11.3 Å². The van der Waals surface area contributed by atoms with Crippen molar-refractivity contribution in [2.45, 2.75) is 52.0 Å². The van der Waals surface area contributed by atoms with Crippen molar-refractivity contribution in [2.75, 3.05) is 25.0 Å². The number of anilines is 2. The molecule has 0 spiro atoms. The number of nitrogens with one attached hydrogen (secondary N) is 1. The van der Waals surface area contributed by atoms with Gasteiger partial charge in [0.25, 0.3) is 0 Å². The van der Waals surface area contributed by atoms with E-state index < -0.39 is 0 Å². The van der Waals surface area contributed by atoms with Crippen molar-refractivity contribution >= 4 is 27.1 Å². The van der Waals surface area contributed by atoms with Crippen LogP contribution >= 0.6 is 11.3 Å². The molecule has 1 saturated heterocycles. The van der Waals surface area contributed by atoms with Gasteiger partial charge in [-0.25, -0.2) is 9.50 Å². The van der Waals surface area contributed by atoms with Crippen molar-refractivity contribution in [3.63, 3.8) is 0 Å². The molecule has 0 aromatic carbocycles. The van der Waals surface area contributed by atoms with E-state index in [2.05, 4.69) is 52.4 Å². The Balaban J connectivity index is 1.37. The van der Waals surface area contributed by atoms with E-state index in [0.717, 1.165) is 34.6 Å². The second-order valence-corrected chi connectivity index (χ2v) is 8.99. The molecule has 8 heteroatoms. The van der Waals surface area contributed by atoms with Crippen LogP contribution in [0.4, 0.5) is 10.8 Å². The summed E-state index contributed by atoms with van der Waals surface area (Å²) in [5.41, 5.74) is 2.07. The highest BCUT2D eigenvalue weighted by atomic mass is 32.1. The van der Waals surface area contributed by atoms with E-state index in [4.69, 9.17) is 0 Å². The lowest BCUT2D eigenvalue weighted by Gasteiger charge is -2.26. The van der Waals surface area contributed by atoms with Crippen LogP contribution < -0.4 is 5.32 Å². The minimum Gasteiger partial charge on any atom is -0.327 e. The molecule has 26 heavy (non-hydrogen) atoms. The molecule has 0 saturated carbocycles. The zero-order chi connectivity index (χ0) is 18.1. The summed E-state index contributed by atoms with van der Waals surface area (Å²) >= 11 is 1.56. The molecule has 7 nitrogen and oxygen atoms in total. The van der Waals surface area contributed by atoms with Crippen LogP contribution in [0.15, 0.2) is 18.6 Å². The first kappa shape index (κ1) is 17.5. The highest BCUT2D eigenvalue weighted by molar-refractivity contribution is 7.20. The van der Waals surface area contributed by atoms with Gasteiger partial charge >= 0.3 is 0 Å². The molecule has 0 amide bonds. The number of fused-ring (bicyclic) bond motifs is 1. The lowest BCUT2D eigenvalue weighted by Crippen LogP contribution is -2.32. The molecule has 4 heterocycles. The van der Waals surface area contributed by atoms with Crippen molar-refractivity contribution in [1.82, 2.24) is 29.3 Å². The van der Waals surface area contributed by atoms with Crippen LogP contribution in [0.1, 0.15) is 45.7 Å². The zero-order valence-corrected chi connectivity index (χ0v) is 16.6. The van der Waals surface area contributed by atoms with Crippen LogP contribution in [0.25, 0.3) is 4.96 Å². The summed E-state index contributed by atoms with van der Waals surface area (Å²) in [4.78, 5) is 8.13. The van der Waals surface area contributed by atoms with Gasteiger partial charge in [-0.05, 0) is 25.9 Å². The number of rotatable bonds is 5. The number of hydrogen-bond donors (Lipinski definition) is 1. The average molecular weight is 374 g/mol. The summed E-state index contributed by atoms with van der Waals surface area (Å²) < 4.78 is 3.86. The van der Waals surface area contributed by atoms with Crippen LogP contribution in [0, 0.1) is 0 Å². The lowest BCUT2D eigenvalue weighted by atomic mass is 9.93. The van der Waals surface area contributed by atoms with Crippen LogP contribution in [0.3, 0.4) is 0 Å². The van der Waals surface area contributed by atoms with Gasteiger partial charge in [0.15, 0.2) is 0 Å². The van der Waals surface area contributed by atoms with E-state index in [0.29, 0.717) is 0 Å². The molecular weight excluding hydrogens is 346 g/mol. The van der Waals surface area contributed by atoms with Crippen LogP contribution in [0.2, 0.25) is 0 Å². The van der Waals surface area contributed by atoms with Gasteiger partial charge in [-0.15, -0.1) is 5.10 Å². The summed E-state index contributed by atoms with van der Waals surface area (Å²) in [5, 5.41) is 13.2. The van der Waals surface area contributed by atoms with E-state index in [9.17, 15) is 0 Å². The molecule has 1 aliphatic rings. The first-order valence-corrected chi connectivity index (χ1v) is 10.2. The molecule has 0 atom stereocenters. The highest BCUT2D eigenvalue weighted by Crippen LogP contribution is 2.27. The minimum absolute atomic E-state index is 0.0382. The van der Waals surface area contributed by atoms with E-state index in [1.165, 1.54) is 32.4 Å². The molecule has 3 aromatic heterocycles. The van der Waals surface area contributed by atoms with Gasteiger partial charge in [0.2, 0.25) is 10.1 Å². The largest absolute Gasteiger partial charge is 0.327 e. The van der Waals surface area contributed by atoms with Gasteiger partial charge < -0.3 is 10.2 Å². The minimum atomic E-state index is 0.0382. The number of piperidine rings is 1. The van der Waals surface area contributed by atoms with E-state index >= 15 is 0 Å². The quantitative estimate of drug-likeness (QED) is 0.741. The van der Waals surface area contributed by atoms with Gasteiger partial charge in [-0.1, -0.05) is 38.5 Å². The fourth-order valence-corrected chi connectivity index (χ4v) is 4.01. The molecule has 0 radical (unpaired) electrons. The summed E-state index contributed by atoms with van der Waals surface area (Å²) in [6.45, 7) is 10.9. The van der Waals surface area contributed by atoms with Gasteiger partial charge in [-0.2, -0.15) is 5.10 Å². The average Bonchev–Trinajstić information content (AvgIpc) is 3.28. The van der Waals surface area contributed by atoms with Gasteiger partial charge in [-0.3, -0.25) is 4.68 Å². The Bertz CT molecular complexity index is 832. The van der Waals surface area contributed by atoms with Crippen molar-refractivity contribution < 1.29 is 0 Å². The Hall–Kier alpha value is -1.93. The number of nitrogens with zero attached hydrogens (tertiary/aromatic N) is 6. The third-order valence-corrected chi connectivity index (χ3v) is 5.63. The predicted octanol–water partition coefficient (Wildman–Crippen LogP) is 3.51. The molecule has 0 unspecified atom stereocenters. The second-order valence-electron chi connectivity index (χ2n) is 8.03. The first-order valence-electron chi connectivity index (χ1n) is 9.36. The smallest absolute Gasteiger partial charge is 0.214 e. The molecule has 1 N–H and O–H groups in total. The van der Waals surface area contributed by atoms with Crippen molar-refractivity contribution in [2.24, 2.45) is 0 Å². The van der Waals surface area contributed by atoms with Crippen molar-refractivity contribution in [1.29, 1.82) is 0 Å². The fourth-order valence-electron chi connectivity index (χ4n) is 3.21. The van der Waals surface area contributed by atoms with Crippen LogP contribution in [-0.4, -0.2) is 48.9 Å². The summed E-state index contributed by atoms with van der Waals surface area (Å²) in [6, 6.07) is 0. The molecule has 0 bridgehead atoms. The Morgan fingerprint density at radius 2 is 1.92 bits per heavy atom. The van der Waals surface area contributed by atoms with Crippen molar-refractivity contribution in [3.8, 4) is 0 Å². The maximum atomic E-state index is 4.69. The lowest BCUT2D eigenvalue weighted by molar-refractivity contribution is 0.218. The highest BCUT2D eigenvalue weighted by Gasteiger charge is 2.19. The van der Waals surface area contributed by atoms with Gasteiger partial charge in [0, 0.05) is 18.2 Å². The molecule has 4 rings (SSSR count). The zero-order valence-electron chi connectivity index (χ0n) is 15.8.